The van der Waals surface area contributed by atoms with E-state index in [2.05, 4.69) is 11.1 Å². The lowest BCUT2D eigenvalue weighted by Gasteiger charge is -2.15. The lowest BCUT2D eigenvalue weighted by molar-refractivity contribution is 0.341. The molecule has 0 aliphatic heterocycles. The molecule has 42 heavy (non-hydrogen) atoms. The van der Waals surface area contributed by atoms with E-state index in [1.807, 2.05) is 97.9 Å². The van der Waals surface area contributed by atoms with Gasteiger partial charge in [0.2, 0.25) is 0 Å². The van der Waals surface area contributed by atoms with Gasteiger partial charge in [0.15, 0.2) is 11.3 Å². The van der Waals surface area contributed by atoms with Crippen molar-refractivity contribution in [2.75, 3.05) is 12.3 Å². The van der Waals surface area contributed by atoms with Crippen LogP contribution in [0.2, 0.25) is 0 Å². The summed E-state index contributed by atoms with van der Waals surface area (Å²) in [6, 6.07) is 30.6. The molecule has 0 radical (unpaired) electrons. The van der Waals surface area contributed by atoms with E-state index in [1.54, 1.807) is 15.4 Å². The zero-order valence-corrected chi connectivity index (χ0v) is 22.5. The maximum atomic E-state index is 13.8. The van der Waals surface area contributed by atoms with Gasteiger partial charge in [-0.15, -0.1) is 0 Å². The van der Waals surface area contributed by atoms with E-state index >= 15 is 0 Å². The van der Waals surface area contributed by atoms with Crippen molar-refractivity contribution in [3.63, 3.8) is 0 Å². The topological polar surface area (TPSA) is 124 Å². The van der Waals surface area contributed by atoms with Crippen LogP contribution in [0.4, 0.5) is 5.69 Å². The summed E-state index contributed by atoms with van der Waals surface area (Å²) in [5.74, 6) is 0.639. The van der Waals surface area contributed by atoms with Gasteiger partial charge in [0.05, 0.1) is 35.1 Å². The molecule has 2 N–H and O–H groups in total. The Kier molecular flexibility index (Phi) is 5.87. The molecule has 3 aromatic heterocycles. The Hall–Kier alpha value is -6.01. The molecule has 0 saturated heterocycles. The van der Waals surface area contributed by atoms with Crippen LogP contribution in [-0.4, -0.2) is 31.0 Å². The number of nitrogens with zero attached hydrogens (tertiary/aromatic N) is 6. The molecule has 0 amide bonds. The van der Waals surface area contributed by atoms with E-state index < -0.39 is 5.56 Å². The second-order valence-corrected chi connectivity index (χ2v) is 9.68. The van der Waals surface area contributed by atoms with Crippen molar-refractivity contribution in [1.29, 1.82) is 5.26 Å². The Morgan fingerprint density at radius 2 is 1.64 bits per heavy atom. The van der Waals surface area contributed by atoms with Crippen molar-refractivity contribution in [3.8, 4) is 39.9 Å². The van der Waals surface area contributed by atoms with Gasteiger partial charge in [0.25, 0.3) is 5.56 Å². The molecule has 0 unspecified atom stereocenters. The summed E-state index contributed by atoms with van der Waals surface area (Å²) in [5.41, 5.74) is 10.8. The molecule has 0 aliphatic carbocycles. The van der Waals surface area contributed by atoms with Crippen LogP contribution in [0.1, 0.15) is 12.5 Å². The quantitative estimate of drug-likeness (QED) is 0.214. The number of anilines is 1. The second-order valence-electron chi connectivity index (χ2n) is 9.68. The number of nitriles is 1. The summed E-state index contributed by atoms with van der Waals surface area (Å²) in [6.07, 6.45) is 1.67. The maximum Gasteiger partial charge on any atom is 0.285 e. The highest BCUT2D eigenvalue weighted by molar-refractivity contribution is 6.08. The third-order valence-corrected chi connectivity index (χ3v) is 7.25. The van der Waals surface area contributed by atoms with Gasteiger partial charge >= 0.3 is 0 Å². The maximum absolute atomic E-state index is 13.8. The smallest absolute Gasteiger partial charge is 0.285 e. The first-order valence-corrected chi connectivity index (χ1v) is 13.4. The number of para-hydroxylation sites is 2. The van der Waals surface area contributed by atoms with Gasteiger partial charge < -0.3 is 10.5 Å². The highest BCUT2D eigenvalue weighted by Gasteiger charge is 2.24. The highest BCUT2D eigenvalue weighted by Crippen LogP contribution is 2.39. The predicted octanol–water partition coefficient (Wildman–Crippen LogP) is 5.77. The number of hydrogen-bond acceptors (Lipinski definition) is 7. The molecule has 0 spiro atoms. The van der Waals surface area contributed by atoms with Crippen molar-refractivity contribution in [2.45, 2.75) is 6.92 Å². The zero-order valence-electron chi connectivity index (χ0n) is 22.5. The minimum atomic E-state index is -0.469. The number of rotatable bonds is 5. The minimum absolute atomic E-state index is 0.205. The summed E-state index contributed by atoms with van der Waals surface area (Å²) in [4.78, 5) is 18.3. The van der Waals surface area contributed by atoms with Gasteiger partial charge in [-0.3, -0.25) is 4.79 Å². The molecule has 9 heteroatoms. The zero-order chi connectivity index (χ0) is 28.8. The van der Waals surface area contributed by atoms with Crippen LogP contribution in [-0.2, 0) is 0 Å². The van der Waals surface area contributed by atoms with Crippen LogP contribution < -0.4 is 16.0 Å². The molecule has 0 atom stereocenters. The predicted molar refractivity (Wildman–Crippen MR) is 163 cm³/mol. The van der Waals surface area contributed by atoms with E-state index in [4.69, 9.17) is 20.7 Å². The van der Waals surface area contributed by atoms with E-state index in [9.17, 15) is 10.1 Å². The summed E-state index contributed by atoms with van der Waals surface area (Å²) in [6.45, 7) is 2.37. The van der Waals surface area contributed by atoms with Crippen LogP contribution >= 0.6 is 0 Å². The van der Waals surface area contributed by atoms with Crippen molar-refractivity contribution in [1.82, 2.24) is 24.4 Å². The van der Waals surface area contributed by atoms with E-state index in [-0.39, 0.29) is 16.9 Å². The van der Waals surface area contributed by atoms with Gasteiger partial charge in [-0.1, -0.05) is 66.7 Å². The van der Waals surface area contributed by atoms with Gasteiger partial charge in [0.1, 0.15) is 22.9 Å². The van der Waals surface area contributed by atoms with E-state index in [0.29, 0.717) is 45.4 Å². The lowest BCUT2D eigenvalue weighted by Crippen LogP contribution is -2.14. The van der Waals surface area contributed by atoms with E-state index in [1.165, 1.54) is 0 Å². The van der Waals surface area contributed by atoms with Gasteiger partial charge in [-0.05, 0) is 31.2 Å². The third kappa shape index (κ3) is 3.78. The molecule has 0 fully saturated rings. The van der Waals surface area contributed by atoms with Gasteiger partial charge in [-0.25, -0.2) is 4.68 Å². The number of hydrogen-bond donors (Lipinski definition) is 1. The number of nitrogens with two attached hydrogens (primary N) is 1. The highest BCUT2D eigenvalue weighted by atomic mass is 16.5. The van der Waals surface area contributed by atoms with Crippen molar-refractivity contribution in [3.05, 3.63) is 113 Å². The van der Waals surface area contributed by atoms with Gasteiger partial charge in [-0.2, -0.15) is 25.0 Å². The molecular formula is C33H23N7O2. The summed E-state index contributed by atoms with van der Waals surface area (Å²) >= 11 is 0. The van der Waals surface area contributed by atoms with Crippen molar-refractivity contribution >= 4 is 33.1 Å². The molecule has 9 nitrogen and oxygen atoms in total. The monoisotopic (exact) mass is 549 g/mol. The molecule has 0 saturated carbocycles. The normalized spacial score (nSPS) is 11.2. The molecule has 202 valence electrons. The Balaban J connectivity index is 1.60. The van der Waals surface area contributed by atoms with Crippen LogP contribution in [0.3, 0.4) is 0 Å². The SMILES string of the molecule is CCOc1ccccc1-c1cc2cnn3c(nc(=O)c4c(-c5ccccc5)nn(-c5ccccc5)c43)c2c(N)c1C#N. The molecule has 7 rings (SSSR count). The second kappa shape index (κ2) is 9.87. The number of fused-ring (bicyclic) bond motifs is 5. The average Bonchev–Trinajstić information content (AvgIpc) is 3.44. The first kappa shape index (κ1) is 25.0. The molecule has 7 aromatic rings. The largest absolute Gasteiger partial charge is 0.493 e. The first-order chi connectivity index (χ1) is 20.6. The van der Waals surface area contributed by atoms with Crippen molar-refractivity contribution in [2.24, 2.45) is 0 Å². The number of ether oxygens (including phenoxy) is 1. The van der Waals surface area contributed by atoms with Crippen LogP contribution in [0, 0.1) is 11.3 Å². The number of benzene rings is 4. The molecule has 0 aliphatic rings. The number of aromatic nitrogens is 5. The average molecular weight is 550 g/mol. The van der Waals surface area contributed by atoms with E-state index in [0.717, 1.165) is 16.8 Å². The summed E-state index contributed by atoms with van der Waals surface area (Å²) in [5, 5.41) is 21.3. The Morgan fingerprint density at radius 1 is 0.929 bits per heavy atom. The van der Waals surface area contributed by atoms with Crippen molar-refractivity contribution < 1.29 is 4.74 Å². The standard InChI is InChI=1S/C33H23N7O2/c1-2-42-26-16-10-9-15-23(26)24-17-21-19-36-40-31(27(21)29(35)25(24)18-34)37-32(41)28-30(20-11-5-3-6-12-20)38-39(33(28)40)22-13-7-4-8-14-22/h3-17,19H,2,35H2,1H3. The molecule has 3 heterocycles. The first-order valence-electron chi connectivity index (χ1n) is 13.4. The molecule has 0 bridgehead atoms. The summed E-state index contributed by atoms with van der Waals surface area (Å²) < 4.78 is 9.11. The molecule has 4 aromatic carbocycles. The fourth-order valence-corrected chi connectivity index (χ4v) is 5.42. The minimum Gasteiger partial charge on any atom is -0.493 e. The Labute approximate surface area is 239 Å². The van der Waals surface area contributed by atoms with Crippen LogP contribution in [0.5, 0.6) is 5.75 Å². The van der Waals surface area contributed by atoms with Gasteiger partial charge in [0, 0.05) is 22.1 Å². The van der Waals surface area contributed by atoms with Crippen LogP contribution in [0.15, 0.2) is 102 Å². The fourth-order valence-electron chi connectivity index (χ4n) is 5.42. The Bertz CT molecular complexity index is 2250. The van der Waals surface area contributed by atoms with Crippen LogP contribution in [0.25, 0.3) is 55.5 Å². The summed E-state index contributed by atoms with van der Waals surface area (Å²) in [7, 11) is 0. The fraction of sp³-hybridized carbons (Fsp3) is 0.0606. The third-order valence-electron chi connectivity index (χ3n) is 7.25. The molecular weight excluding hydrogens is 526 g/mol. The number of nitrogen functional groups attached to an aromatic ring is 1. The lowest BCUT2D eigenvalue weighted by atomic mass is 9.94. The Morgan fingerprint density at radius 3 is 2.38 bits per heavy atom.